The van der Waals surface area contributed by atoms with Crippen molar-refractivity contribution in [3.8, 4) is 0 Å². The molecular formula is C18H28N2O. The number of likely N-dealkylation sites (tertiary alicyclic amines) is 1. The lowest BCUT2D eigenvalue weighted by Gasteiger charge is -2.31. The van der Waals surface area contributed by atoms with Crippen LogP contribution in [0, 0.1) is 0 Å². The van der Waals surface area contributed by atoms with Crippen LogP contribution in [0.1, 0.15) is 37.7 Å². The van der Waals surface area contributed by atoms with E-state index in [0.29, 0.717) is 18.2 Å². The van der Waals surface area contributed by atoms with Crippen molar-refractivity contribution in [3.63, 3.8) is 0 Å². The Morgan fingerprint density at radius 1 is 1.14 bits per heavy atom. The maximum Gasteiger partial charge on any atom is 0.0586 e. The fourth-order valence-electron chi connectivity index (χ4n) is 3.80. The van der Waals surface area contributed by atoms with Crippen LogP contribution in [-0.4, -0.2) is 43.3 Å². The molecule has 3 atom stereocenters. The average molecular weight is 288 g/mol. The molecule has 116 valence electrons. The SMILES string of the molecule is COC1CCCC(NC2CCN(Cc3ccccc3)C2)C1. The first-order valence-electron chi connectivity index (χ1n) is 8.38. The molecule has 0 aromatic heterocycles. The molecule has 3 rings (SSSR count). The van der Waals surface area contributed by atoms with E-state index in [0.717, 1.165) is 6.54 Å². The van der Waals surface area contributed by atoms with Gasteiger partial charge in [-0.2, -0.15) is 0 Å². The first-order valence-corrected chi connectivity index (χ1v) is 8.38. The zero-order valence-electron chi connectivity index (χ0n) is 13.1. The molecule has 1 aliphatic heterocycles. The van der Waals surface area contributed by atoms with Gasteiger partial charge in [0.1, 0.15) is 0 Å². The summed E-state index contributed by atoms with van der Waals surface area (Å²) in [5.41, 5.74) is 1.43. The van der Waals surface area contributed by atoms with Crippen molar-refractivity contribution < 1.29 is 4.74 Å². The van der Waals surface area contributed by atoms with E-state index >= 15 is 0 Å². The quantitative estimate of drug-likeness (QED) is 0.901. The summed E-state index contributed by atoms with van der Waals surface area (Å²) in [5, 5.41) is 3.88. The lowest BCUT2D eigenvalue weighted by molar-refractivity contribution is 0.0570. The number of rotatable bonds is 5. The molecule has 0 radical (unpaired) electrons. The summed E-state index contributed by atoms with van der Waals surface area (Å²) in [6.45, 7) is 3.49. The van der Waals surface area contributed by atoms with Crippen LogP contribution in [0.2, 0.25) is 0 Å². The molecule has 1 aromatic carbocycles. The summed E-state index contributed by atoms with van der Waals surface area (Å²) in [6.07, 6.45) is 6.79. The van der Waals surface area contributed by atoms with E-state index < -0.39 is 0 Å². The minimum absolute atomic E-state index is 0.470. The topological polar surface area (TPSA) is 24.5 Å². The second-order valence-corrected chi connectivity index (χ2v) is 6.59. The molecule has 3 nitrogen and oxygen atoms in total. The fraction of sp³-hybridized carbons (Fsp3) is 0.667. The molecule has 2 aliphatic rings. The summed E-state index contributed by atoms with van der Waals surface area (Å²) in [4.78, 5) is 2.57. The highest BCUT2D eigenvalue weighted by atomic mass is 16.5. The zero-order valence-corrected chi connectivity index (χ0v) is 13.1. The van der Waals surface area contributed by atoms with E-state index in [2.05, 4.69) is 40.5 Å². The van der Waals surface area contributed by atoms with Gasteiger partial charge in [0.25, 0.3) is 0 Å². The van der Waals surface area contributed by atoms with E-state index in [1.807, 2.05) is 7.11 Å². The van der Waals surface area contributed by atoms with Gasteiger partial charge in [0, 0.05) is 38.8 Å². The third-order valence-electron chi connectivity index (χ3n) is 4.95. The molecule has 3 heteroatoms. The predicted molar refractivity (Wildman–Crippen MR) is 86.3 cm³/mol. The van der Waals surface area contributed by atoms with Gasteiger partial charge < -0.3 is 10.1 Å². The molecule has 0 spiro atoms. The Labute approximate surface area is 128 Å². The molecule has 1 N–H and O–H groups in total. The molecule has 0 amide bonds. The predicted octanol–water partition coefficient (Wildman–Crippen LogP) is 2.81. The minimum Gasteiger partial charge on any atom is -0.381 e. The largest absolute Gasteiger partial charge is 0.381 e. The van der Waals surface area contributed by atoms with Crippen molar-refractivity contribution in [2.75, 3.05) is 20.2 Å². The van der Waals surface area contributed by atoms with Gasteiger partial charge >= 0.3 is 0 Å². The Balaban J connectivity index is 1.44. The van der Waals surface area contributed by atoms with E-state index in [1.54, 1.807) is 0 Å². The zero-order chi connectivity index (χ0) is 14.5. The van der Waals surface area contributed by atoms with Crippen molar-refractivity contribution in [1.29, 1.82) is 0 Å². The molecule has 3 unspecified atom stereocenters. The molecule has 0 bridgehead atoms. The second-order valence-electron chi connectivity index (χ2n) is 6.59. The molecule has 2 fully saturated rings. The summed E-state index contributed by atoms with van der Waals surface area (Å²) in [5.74, 6) is 0. The van der Waals surface area contributed by atoms with Gasteiger partial charge in [0.15, 0.2) is 0 Å². The van der Waals surface area contributed by atoms with Crippen molar-refractivity contribution in [2.24, 2.45) is 0 Å². The van der Waals surface area contributed by atoms with Crippen LogP contribution in [-0.2, 0) is 11.3 Å². The first-order chi connectivity index (χ1) is 10.3. The molecular weight excluding hydrogens is 260 g/mol. The van der Waals surface area contributed by atoms with E-state index in [1.165, 1.54) is 50.8 Å². The van der Waals surface area contributed by atoms with Crippen LogP contribution in [0.25, 0.3) is 0 Å². The number of methoxy groups -OCH3 is 1. The Morgan fingerprint density at radius 3 is 2.81 bits per heavy atom. The van der Waals surface area contributed by atoms with Crippen LogP contribution in [0.3, 0.4) is 0 Å². The van der Waals surface area contributed by atoms with Crippen molar-refractivity contribution in [1.82, 2.24) is 10.2 Å². The number of hydrogen-bond donors (Lipinski definition) is 1. The van der Waals surface area contributed by atoms with E-state index in [9.17, 15) is 0 Å². The Morgan fingerprint density at radius 2 is 2.00 bits per heavy atom. The monoisotopic (exact) mass is 288 g/mol. The van der Waals surface area contributed by atoms with Crippen molar-refractivity contribution >= 4 is 0 Å². The smallest absolute Gasteiger partial charge is 0.0586 e. The molecule has 1 heterocycles. The van der Waals surface area contributed by atoms with Gasteiger partial charge in [-0.1, -0.05) is 30.3 Å². The van der Waals surface area contributed by atoms with Crippen molar-refractivity contribution in [3.05, 3.63) is 35.9 Å². The molecule has 1 aromatic rings. The van der Waals surface area contributed by atoms with Crippen molar-refractivity contribution in [2.45, 2.75) is 56.8 Å². The summed E-state index contributed by atoms with van der Waals surface area (Å²) < 4.78 is 5.54. The van der Waals surface area contributed by atoms with Gasteiger partial charge in [-0.25, -0.2) is 0 Å². The second kappa shape index (κ2) is 7.39. The normalized spacial score (nSPS) is 30.6. The molecule has 1 aliphatic carbocycles. The van der Waals surface area contributed by atoms with Crippen LogP contribution >= 0.6 is 0 Å². The number of benzene rings is 1. The van der Waals surface area contributed by atoms with E-state index in [4.69, 9.17) is 4.74 Å². The minimum atomic E-state index is 0.470. The Hall–Kier alpha value is -0.900. The maximum atomic E-state index is 5.54. The van der Waals surface area contributed by atoms with Crippen LogP contribution < -0.4 is 5.32 Å². The number of nitrogens with one attached hydrogen (secondary N) is 1. The van der Waals surface area contributed by atoms with Crippen LogP contribution in [0.5, 0.6) is 0 Å². The summed E-state index contributed by atoms with van der Waals surface area (Å²) in [7, 11) is 1.85. The highest BCUT2D eigenvalue weighted by Crippen LogP contribution is 2.22. The highest BCUT2D eigenvalue weighted by molar-refractivity contribution is 5.14. The molecule has 1 saturated heterocycles. The summed E-state index contributed by atoms with van der Waals surface area (Å²) >= 11 is 0. The van der Waals surface area contributed by atoms with Crippen LogP contribution in [0.4, 0.5) is 0 Å². The van der Waals surface area contributed by atoms with Gasteiger partial charge in [-0.3, -0.25) is 4.90 Å². The van der Waals surface area contributed by atoms with E-state index in [-0.39, 0.29) is 0 Å². The van der Waals surface area contributed by atoms with Gasteiger partial charge in [0.2, 0.25) is 0 Å². The lowest BCUT2D eigenvalue weighted by atomic mass is 9.92. The Kier molecular flexibility index (Phi) is 5.28. The van der Waals surface area contributed by atoms with Gasteiger partial charge in [-0.05, 0) is 37.7 Å². The third-order valence-corrected chi connectivity index (χ3v) is 4.95. The summed E-state index contributed by atoms with van der Waals surface area (Å²) in [6, 6.07) is 12.1. The Bertz CT molecular complexity index is 422. The van der Waals surface area contributed by atoms with Gasteiger partial charge in [-0.15, -0.1) is 0 Å². The maximum absolute atomic E-state index is 5.54. The van der Waals surface area contributed by atoms with Gasteiger partial charge in [0.05, 0.1) is 6.10 Å². The molecule has 1 saturated carbocycles. The lowest BCUT2D eigenvalue weighted by Crippen LogP contribution is -2.43. The number of hydrogen-bond acceptors (Lipinski definition) is 3. The highest BCUT2D eigenvalue weighted by Gasteiger charge is 2.27. The third kappa shape index (κ3) is 4.29. The standard InChI is InChI=1S/C18H28N2O/c1-21-18-9-5-8-16(12-18)19-17-10-11-20(14-17)13-15-6-3-2-4-7-15/h2-4,6-7,16-19H,5,8-14H2,1H3. The number of nitrogens with zero attached hydrogens (tertiary/aromatic N) is 1. The average Bonchev–Trinajstić information content (AvgIpc) is 2.95. The molecule has 21 heavy (non-hydrogen) atoms. The van der Waals surface area contributed by atoms with Crippen LogP contribution in [0.15, 0.2) is 30.3 Å². The fourth-order valence-corrected chi connectivity index (χ4v) is 3.80. The number of ether oxygens (including phenoxy) is 1. The first kappa shape index (κ1) is 15.0.